The number of nitrogens with one attached hydrogen (secondary N) is 1. The van der Waals surface area contributed by atoms with Crippen LogP contribution in [0.2, 0.25) is 0 Å². The molecule has 2 aromatic rings. The minimum Gasteiger partial charge on any atom is -0.488 e. The first-order valence-electron chi connectivity index (χ1n) is 11.8. The number of rotatable bonds is 5. The Morgan fingerprint density at radius 3 is 2.24 bits per heavy atom. The zero-order valence-electron chi connectivity index (χ0n) is 20.2. The molecule has 10 nitrogen and oxygen atoms in total. The van der Waals surface area contributed by atoms with E-state index in [0.29, 0.717) is 32.2 Å². The number of likely N-dealkylation sites (tertiary alicyclic amines) is 1. The average molecular weight is 519 g/mol. The van der Waals surface area contributed by atoms with E-state index in [0.717, 1.165) is 29.8 Å². The van der Waals surface area contributed by atoms with Crippen LogP contribution in [0.1, 0.15) is 6.42 Å². The van der Waals surface area contributed by atoms with Crippen LogP contribution in [0, 0.1) is 17.6 Å². The van der Waals surface area contributed by atoms with Crippen LogP contribution < -0.4 is 15.1 Å². The van der Waals surface area contributed by atoms with Gasteiger partial charge in [-0.25, -0.2) is 19.1 Å². The average Bonchev–Trinajstić information content (AvgIpc) is 2.91. The number of piperidine rings is 1. The summed E-state index contributed by atoms with van der Waals surface area (Å²) in [6, 6.07) is 11.1. The second-order valence-electron chi connectivity index (χ2n) is 8.88. The number of carbonyl (C=O) groups is 3. The van der Waals surface area contributed by atoms with E-state index in [1.807, 2.05) is 30.3 Å². The predicted octanol–water partition coefficient (Wildman–Crippen LogP) is 2.02. The summed E-state index contributed by atoms with van der Waals surface area (Å²) in [4.78, 5) is 43.8. The lowest BCUT2D eigenvalue weighted by Gasteiger charge is -2.45. The number of amides is 3. The molecule has 2 fully saturated rings. The van der Waals surface area contributed by atoms with Gasteiger partial charge in [-0.2, -0.15) is 0 Å². The smallest absolute Gasteiger partial charge is 0.410 e. The highest BCUT2D eigenvalue weighted by Gasteiger charge is 2.49. The molecule has 0 saturated carbocycles. The molecule has 0 aliphatic carbocycles. The minimum absolute atomic E-state index is 0.0988. The van der Waals surface area contributed by atoms with Gasteiger partial charge >= 0.3 is 6.09 Å². The molecule has 12 heteroatoms. The van der Waals surface area contributed by atoms with Gasteiger partial charge in [0, 0.05) is 56.5 Å². The molecule has 0 bridgehead atoms. The molecule has 0 unspecified atom stereocenters. The van der Waals surface area contributed by atoms with Gasteiger partial charge in [0.15, 0.2) is 0 Å². The number of piperazine rings is 1. The molecular weight excluding hydrogens is 490 g/mol. The van der Waals surface area contributed by atoms with Crippen molar-refractivity contribution < 1.29 is 37.8 Å². The fourth-order valence-corrected chi connectivity index (χ4v) is 4.87. The topological polar surface area (TPSA) is 112 Å². The number of hydroxylamine groups is 1. The predicted molar refractivity (Wildman–Crippen MR) is 127 cm³/mol. The maximum atomic E-state index is 13.7. The Hall–Kier alpha value is -3.93. The van der Waals surface area contributed by atoms with Crippen LogP contribution in [0.5, 0.6) is 5.75 Å². The molecule has 198 valence electrons. The number of nitrogens with zero attached hydrogens (tertiary/aromatic N) is 3. The maximum Gasteiger partial charge on any atom is 0.410 e. The van der Waals surface area contributed by atoms with Crippen LogP contribution in [0.15, 0.2) is 48.5 Å². The maximum absolute atomic E-state index is 13.7. The largest absolute Gasteiger partial charge is 0.488 e. The molecule has 3 atom stereocenters. The highest BCUT2D eigenvalue weighted by atomic mass is 19.1. The SMILES string of the molecule is COC(=O)N1C[C@@H](Oc2cc(F)cc(F)c2)C[C@H](C(=O)NO)[C@H]1C(=O)N1CCN(c2ccccc2)CC1. The fourth-order valence-electron chi connectivity index (χ4n) is 4.87. The van der Waals surface area contributed by atoms with E-state index in [4.69, 9.17) is 9.47 Å². The Kier molecular flexibility index (Phi) is 8.07. The normalized spacial score (nSPS) is 21.8. The van der Waals surface area contributed by atoms with Crippen molar-refractivity contribution in [2.24, 2.45) is 5.92 Å². The molecule has 2 N–H and O–H groups in total. The number of methoxy groups -OCH3 is 1. The number of halogens is 2. The van der Waals surface area contributed by atoms with Crippen molar-refractivity contribution >= 4 is 23.6 Å². The summed E-state index contributed by atoms with van der Waals surface area (Å²) in [6.07, 6.45) is -1.89. The molecule has 37 heavy (non-hydrogen) atoms. The van der Waals surface area contributed by atoms with Gasteiger partial charge in [-0.1, -0.05) is 18.2 Å². The van der Waals surface area contributed by atoms with Crippen LogP contribution in [-0.2, 0) is 14.3 Å². The third-order valence-electron chi connectivity index (χ3n) is 6.59. The Morgan fingerprint density at radius 1 is 1.00 bits per heavy atom. The Bertz CT molecular complexity index is 1080. The van der Waals surface area contributed by atoms with Crippen molar-refractivity contribution in [2.75, 3.05) is 44.7 Å². The van der Waals surface area contributed by atoms with Gasteiger partial charge in [0.2, 0.25) is 11.8 Å². The van der Waals surface area contributed by atoms with E-state index in [1.54, 1.807) is 10.4 Å². The van der Waals surface area contributed by atoms with Crippen molar-refractivity contribution in [1.82, 2.24) is 15.3 Å². The lowest BCUT2D eigenvalue weighted by molar-refractivity contribution is -0.151. The van der Waals surface area contributed by atoms with Crippen LogP contribution in [0.3, 0.4) is 0 Å². The molecule has 3 amide bonds. The van der Waals surface area contributed by atoms with E-state index in [-0.39, 0.29) is 18.7 Å². The number of anilines is 1. The van der Waals surface area contributed by atoms with E-state index < -0.39 is 47.6 Å². The first-order chi connectivity index (χ1) is 17.8. The number of carbonyl (C=O) groups excluding carboxylic acids is 3. The zero-order chi connectivity index (χ0) is 26.5. The van der Waals surface area contributed by atoms with Crippen molar-refractivity contribution in [2.45, 2.75) is 18.6 Å². The standard InChI is InChI=1S/C25H28F2N4O6/c1-36-25(34)31-15-20(37-19-12-16(26)11-17(27)13-19)14-21(23(32)28-35)22(31)24(33)30-9-7-29(8-10-30)18-5-3-2-4-6-18/h2-6,11-13,20-22,35H,7-10,14-15H2,1H3,(H,28,32)/t20-,21-,22-/m0/s1. The first kappa shape index (κ1) is 26.1. The summed E-state index contributed by atoms with van der Waals surface area (Å²) >= 11 is 0. The monoisotopic (exact) mass is 518 g/mol. The summed E-state index contributed by atoms with van der Waals surface area (Å²) in [5, 5.41) is 9.38. The molecular formula is C25H28F2N4O6. The molecule has 2 heterocycles. The molecule has 2 aliphatic rings. The summed E-state index contributed by atoms with van der Waals surface area (Å²) in [5.41, 5.74) is 2.58. The third kappa shape index (κ3) is 5.91. The molecule has 0 spiro atoms. The lowest BCUT2D eigenvalue weighted by atomic mass is 9.86. The van der Waals surface area contributed by atoms with Crippen molar-refractivity contribution in [3.05, 3.63) is 60.2 Å². The van der Waals surface area contributed by atoms with Crippen molar-refractivity contribution in [1.29, 1.82) is 0 Å². The van der Waals surface area contributed by atoms with Crippen LogP contribution >= 0.6 is 0 Å². The number of para-hydroxylation sites is 1. The van der Waals surface area contributed by atoms with Gasteiger partial charge in [0.25, 0.3) is 0 Å². The second-order valence-corrected chi connectivity index (χ2v) is 8.88. The highest BCUT2D eigenvalue weighted by molar-refractivity contribution is 5.92. The Morgan fingerprint density at radius 2 is 1.65 bits per heavy atom. The summed E-state index contributed by atoms with van der Waals surface area (Å²) in [5.74, 6) is -4.43. The molecule has 2 saturated heterocycles. The zero-order valence-corrected chi connectivity index (χ0v) is 20.2. The van der Waals surface area contributed by atoms with Gasteiger partial charge in [-0.15, -0.1) is 0 Å². The Labute approximate surface area is 212 Å². The van der Waals surface area contributed by atoms with E-state index in [2.05, 4.69) is 4.90 Å². The first-order valence-corrected chi connectivity index (χ1v) is 11.8. The van der Waals surface area contributed by atoms with Crippen molar-refractivity contribution in [3.8, 4) is 5.75 Å². The summed E-state index contributed by atoms with van der Waals surface area (Å²) < 4.78 is 37.9. The van der Waals surface area contributed by atoms with Crippen LogP contribution in [-0.4, -0.2) is 84.9 Å². The number of benzene rings is 2. The van der Waals surface area contributed by atoms with Gasteiger partial charge in [0.05, 0.1) is 19.6 Å². The third-order valence-corrected chi connectivity index (χ3v) is 6.59. The number of hydrogen-bond acceptors (Lipinski definition) is 7. The lowest BCUT2D eigenvalue weighted by Crippen LogP contribution is -2.64. The van der Waals surface area contributed by atoms with E-state index in [1.165, 1.54) is 0 Å². The number of ether oxygens (including phenoxy) is 2. The van der Waals surface area contributed by atoms with Gasteiger partial charge in [0.1, 0.15) is 29.5 Å². The second kappa shape index (κ2) is 11.4. The molecule has 0 aromatic heterocycles. The minimum atomic E-state index is -1.27. The molecule has 2 aromatic carbocycles. The van der Waals surface area contributed by atoms with E-state index >= 15 is 0 Å². The van der Waals surface area contributed by atoms with Gasteiger partial charge in [-0.3, -0.25) is 19.7 Å². The van der Waals surface area contributed by atoms with Gasteiger partial charge < -0.3 is 19.3 Å². The highest BCUT2D eigenvalue weighted by Crippen LogP contribution is 2.30. The fraction of sp³-hybridized carbons (Fsp3) is 0.400. The molecule has 0 radical (unpaired) electrons. The number of hydrogen-bond donors (Lipinski definition) is 2. The molecule has 4 rings (SSSR count). The summed E-state index contributed by atoms with van der Waals surface area (Å²) in [6.45, 7) is 1.63. The van der Waals surface area contributed by atoms with Crippen molar-refractivity contribution in [3.63, 3.8) is 0 Å². The Balaban J connectivity index is 1.54. The van der Waals surface area contributed by atoms with Crippen LogP contribution in [0.4, 0.5) is 19.3 Å². The summed E-state index contributed by atoms with van der Waals surface area (Å²) in [7, 11) is 1.13. The quantitative estimate of drug-likeness (QED) is 0.460. The van der Waals surface area contributed by atoms with E-state index in [9.17, 15) is 28.4 Å². The van der Waals surface area contributed by atoms with Crippen LogP contribution in [0.25, 0.3) is 0 Å². The van der Waals surface area contributed by atoms with Gasteiger partial charge in [-0.05, 0) is 12.1 Å². The molecule has 2 aliphatic heterocycles.